The number of anilines is 1. The molecule has 1 aromatic carbocycles. The van der Waals surface area contributed by atoms with Crippen molar-refractivity contribution in [1.82, 2.24) is 4.90 Å². The average Bonchev–Trinajstić information content (AvgIpc) is 2.83. The van der Waals surface area contributed by atoms with Crippen molar-refractivity contribution >= 4 is 17.7 Å². The summed E-state index contributed by atoms with van der Waals surface area (Å²) in [4.78, 5) is 26.9. The molecule has 1 fully saturated rings. The molecule has 0 N–H and O–H groups in total. The van der Waals surface area contributed by atoms with Crippen LogP contribution in [0.3, 0.4) is 0 Å². The second-order valence-electron chi connectivity index (χ2n) is 4.83. The first-order valence-corrected chi connectivity index (χ1v) is 6.90. The highest BCUT2D eigenvalue weighted by Gasteiger charge is 2.23. The number of amides is 2. The third-order valence-corrected chi connectivity index (χ3v) is 3.37. The van der Waals surface area contributed by atoms with E-state index in [0.717, 1.165) is 11.3 Å². The maximum Gasteiger partial charge on any atom is 0.409 e. The fraction of sp³-hybridized carbons (Fsp3) is 0.467. The summed E-state index contributed by atoms with van der Waals surface area (Å²) in [6, 6.07) is 7.87. The molecule has 1 aliphatic rings. The molecule has 0 aromatic heterocycles. The lowest BCUT2D eigenvalue weighted by Crippen LogP contribution is -2.35. The summed E-state index contributed by atoms with van der Waals surface area (Å²) in [7, 11) is 0. The number of aryl methyl sites for hydroxylation is 1. The van der Waals surface area contributed by atoms with Crippen LogP contribution in [0, 0.1) is 6.92 Å². The van der Waals surface area contributed by atoms with E-state index in [-0.39, 0.29) is 12.0 Å². The van der Waals surface area contributed by atoms with E-state index >= 15 is 0 Å². The number of hydrogen-bond acceptors (Lipinski definition) is 3. The highest BCUT2D eigenvalue weighted by molar-refractivity contribution is 5.93. The number of nitrogens with zero attached hydrogens (tertiary/aromatic N) is 2. The van der Waals surface area contributed by atoms with Crippen molar-refractivity contribution in [2.75, 3.05) is 31.1 Å². The molecule has 5 heteroatoms. The van der Waals surface area contributed by atoms with Crippen LogP contribution in [0.2, 0.25) is 0 Å². The molecule has 0 bridgehead atoms. The molecule has 2 rings (SSSR count). The van der Waals surface area contributed by atoms with Gasteiger partial charge in [-0.3, -0.25) is 4.79 Å². The summed E-state index contributed by atoms with van der Waals surface area (Å²) in [5, 5.41) is 0. The van der Waals surface area contributed by atoms with Crippen molar-refractivity contribution < 1.29 is 14.3 Å². The molecule has 1 aromatic rings. The third-order valence-electron chi connectivity index (χ3n) is 3.37. The minimum Gasteiger partial charge on any atom is -0.448 e. The van der Waals surface area contributed by atoms with Gasteiger partial charge >= 0.3 is 6.09 Å². The second-order valence-corrected chi connectivity index (χ2v) is 4.83. The molecule has 108 valence electrons. The van der Waals surface area contributed by atoms with Crippen LogP contribution in [0.15, 0.2) is 24.3 Å². The summed E-state index contributed by atoms with van der Waals surface area (Å²) in [6.45, 7) is 5.98. The van der Waals surface area contributed by atoms with Gasteiger partial charge in [-0.1, -0.05) is 12.1 Å². The molecule has 2 amide bonds. The summed E-state index contributed by atoms with van der Waals surface area (Å²) in [5.74, 6) is 0.0257. The Kier molecular flexibility index (Phi) is 4.61. The predicted octanol–water partition coefficient (Wildman–Crippen LogP) is 2.19. The topological polar surface area (TPSA) is 49.9 Å². The lowest BCUT2D eigenvalue weighted by atomic mass is 10.2. The Labute approximate surface area is 119 Å². The first-order chi connectivity index (χ1) is 9.61. The van der Waals surface area contributed by atoms with Crippen LogP contribution in [0.5, 0.6) is 0 Å². The lowest BCUT2D eigenvalue weighted by Gasteiger charge is -2.22. The molecule has 0 saturated carbocycles. The number of cyclic esters (lactones) is 1. The molecule has 5 nitrogen and oxygen atoms in total. The van der Waals surface area contributed by atoms with Crippen LogP contribution < -0.4 is 4.90 Å². The highest BCUT2D eigenvalue weighted by Crippen LogP contribution is 2.17. The molecule has 20 heavy (non-hydrogen) atoms. The van der Waals surface area contributed by atoms with E-state index in [4.69, 9.17) is 4.74 Å². The molecule has 0 spiro atoms. The van der Waals surface area contributed by atoms with E-state index in [9.17, 15) is 9.59 Å². The SMILES string of the molecule is CCN(C(=O)CCN1CCOC1=O)c1cccc(C)c1. The zero-order valence-electron chi connectivity index (χ0n) is 12.0. The zero-order valence-corrected chi connectivity index (χ0v) is 12.0. The number of rotatable bonds is 5. The van der Waals surface area contributed by atoms with Gasteiger partial charge < -0.3 is 14.5 Å². The van der Waals surface area contributed by atoms with Gasteiger partial charge in [-0.25, -0.2) is 4.79 Å². The maximum absolute atomic E-state index is 12.3. The average molecular weight is 276 g/mol. The summed E-state index contributed by atoms with van der Waals surface area (Å²) in [5.41, 5.74) is 2.03. The molecular formula is C15H20N2O3. The Balaban J connectivity index is 1.97. The van der Waals surface area contributed by atoms with Crippen molar-refractivity contribution in [3.63, 3.8) is 0 Å². The first kappa shape index (κ1) is 14.4. The zero-order chi connectivity index (χ0) is 14.5. The molecule has 0 unspecified atom stereocenters. The van der Waals surface area contributed by atoms with E-state index in [1.165, 1.54) is 0 Å². The van der Waals surface area contributed by atoms with Gasteiger partial charge in [-0.2, -0.15) is 0 Å². The largest absolute Gasteiger partial charge is 0.448 e. The van der Waals surface area contributed by atoms with Gasteiger partial charge in [0.25, 0.3) is 0 Å². The minimum absolute atomic E-state index is 0.0257. The fourth-order valence-corrected chi connectivity index (χ4v) is 2.29. The normalized spacial score (nSPS) is 14.3. The standard InChI is InChI=1S/C15H20N2O3/c1-3-17(13-6-4-5-12(2)11-13)14(18)7-8-16-9-10-20-15(16)19/h4-6,11H,3,7-10H2,1-2H3. The van der Waals surface area contributed by atoms with E-state index in [1.54, 1.807) is 9.80 Å². The number of carbonyl (C=O) groups excluding carboxylic acids is 2. The van der Waals surface area contributed by atoms with Gasteiger partial charge in [0.05, 0.1) is 6.54 Å². The summed E-state index contributed by atoms with van der Waals surface area (Å²) in [6.07, 6.45) is -0.00642. The molecular weight excluding hydrogens is 256 g/mol. The van der Waals surface area contributed by atoms with Gasteiger partial charge in [0.1, 0.15) is 6.61 Å². The maximum atomic E-state index is 12.3. The number of ether oxygens (including phenoxy) is 1. The highest BCUT2D eigenvalue weighted by atomic mass is 16.6. The molecule has 0 aliphatic carbocycles. The van der Waals surface area contributed by atoms with Gasteiger partial charge in [-0.05, 0) is 31.5 Å². The van der Waals surface area contributed by atoms with Crippen LogP contribution in [0.1, 0.15) is 18.9 Å². The molecule has 1 saturated heterocycles. The van der Waals surface area contributed by atoms with Crippen LogP contribution in [0.25, 0.3) is 0 Å². The third kappa shape index (κ3) is 3.29. The van der Waals surface area contributed by atoms with E-state index < -0.39 is 0 Å². The molecule has 0 atom stereocenters. The Hall–Kier alpha value is -2.04. The van der Waals surface area contributed by atoms with E-state index in [2.05, 4.69) is 0 Å². The molecule has 0 radical (unpaired) electrons. The lowest BCUT2D eigenvalue weighted by molar-refractivity contribution is -0.118. The van der Waals surface area contributed by atoms with Crippen LogP contribution in [-0.4, -0.2) is 43.1 Å². The van der Waals surface area contributed by atoms with Gasteiger partial charge in [-0.15, -0.1) is 0 Å². The monoisotopic (exact) mass is 276 g/mol. The Morgan fingerprint density at radius 2 is 2.25 bits per heavy atom. The van der Waals surface area contributed by atoms with Crippen LogP contribution >= 0.6 is 0 Å². The second kappa shape index (κ2) is 6.41. The van der Waals surface area contributed by atoms with Crippen molar-refractivity contribution in [3.8, 4) is 0 Å². The molecule has 1 aliphatic heterocycles. The van der Waals surface area contributed by atoms with Gasteiger partial charge in [0, 0.05) is 25.2 Å². The van der Waals surface area contributed by atoms with Crippen molar-refractivity contribution in [2.24, 2.45) is 0 Å². The quantitative estimate of drug-likeness (QED) is 0.828. The van der Waals surface area contributed by atoms with E-state index in [0.29, 0.717) is 32.7 Å². The first-order valence-electron chi connectivity index (χ1n) is 6.90. The van der Waals surface area contributed by atoms with E-state index in [1.807, 2.05) is 38.1 Å². The minimum atomic E-state index is -0.323. The number of benzene rings is 1. The summed E-state index contributed by atoms with van der Waals surface area (Å²) >= 11 is 0. The van der Waals surface area contributed by atoms with Crippen LogP contribution in [-0.2, 0) is 9.53 Å². The van der Waals surface area contributed by atoms with Crippen molar-refractivity contribution in [1.29, 1.82) is 0 Å². The van der Waals surface area contributed by atoms with Crippen molar-refractivity contribution in [2.45, 2.75) is 20.3 Å². The van der Waals surface area contributed by atoms with Crippen LogP contribution in [0.4, 0.5) is 10.5 Å². The van der Waals surface area contributed by atoms with Crippen molar-refractivity contribution in [3.05, 3.63) is 29.8 Å². The predicted molar refractivity (Wildman–Crippen MR) is 76.7 cm³/mol. The Bertz CT molecular complexity index is 502. The Morgan fingerprint density at radius 1 is 1.45 bits per heavy atom. The smallest absolute Gasteiger partial charge is 0.409 e. The number of carbonyl (C=O) groups is 2. The van der Waals surface area contributed by atoms with Gasteiger partial charge in [0.15, 0.2) is 0 Å². The fourth-order valence-electron chi connectivity index (χ4n) is 2.29. The summed E-state index contributed by atoms with van der Waals surface area (Å²) < 4.78 is 4.85. The number of hydrogen-bond donors (Lipinski definition) is 0. The van der Waals surface area contributed by atoms with Gasteiger partial charge in [0.2, 0.25) is 5.91 Å². The Morgan fingerprint density at radius 3 is 2.85 bits per heavy atom. The molecule has 1 heterocycles.